The number of nitrogens with zero attached hydrogens (tertiary/aromatic N) is 3. The number of piperidine rings is 1. The quantitative estimate of drug-likeness (QED) is 0.408. The molecule has 0 spiro atoms. The van der Waals surface area contributed by atoms with Crippen LogP contribution in [0.1, 0.15) is 53.4 Å². The molecule has 2 N–H and O–H groups in total. The van der Waals surface area contributed by atoms with E-state index in [1.54, 1.807) is 24.3 Å². The molecule has 0 atom stereocenters. The fourth-order valence-corrected chi connectivity index (χ4v) is 4.43. The molecular weight excluding hydrogens is 424 g/mol. The van der Waals surface area contributed by atoms with Gasteiger partial charge in [-0.05, 0) is 73.2 Å². The van der Waals surface area contributed by atoms with Gasteiger partial charge in [0, 0.05) is 18.7 Å². The molecular formula is C28H28N4O2. The number of hydrogen-bond acceptors (Lipinski definition) is 4. The second kappa shape index (κ2) is 9.51. The number of H-pyrrole nitrogens is 1. The Kier molecular flexibility index (Phi) is 6.12. The highest BCUT2D eigenvalue weighted by molar-refractivity contribution is 6.09. The van der Waals surface area contributed by atoms with E-state index < -0.39 is 0 Å². The summed E-state index contributed by atoms with van der Waals surface area (Å²) in [5, 5.41) is 17.9. The van der Waals surface area contributed by atoms with Gasteiger partial charge in [0.2, 0.25) is 0 Å². The molecule has 4 aromatic rings. The van der Waals surface area contributed by atoms with Crippen LogP contribution < -0.4 is 0 Å². The summed E-state index contributed by atoms with van der Waals surface area (Å²) in [4.78, 5) is 20.3. The lowest BCUT2D eigenvalue weighted by atomic mass is 10.0. The maximum absolute atomic E-state index is 13.6. The summed E-state index contributed by atoms with van der Waals surface area (Å²) in [6, 6.07) is 17.1. The number of amides is 1. The van der Waals surface area contributed by atoms with E-state index >= 15 is 0 Å². The molecule has 0 saturated carbocycles. The minimum atomic E-state index is 0.00970. The maximum atomic E-state index is 13.6. The molecule has 1 aliphatic rings. The molecule has 0 unspecified atom stereocenters. The molecule has 0 bridgehead atoms. The summed E-state index contributed by atoms with van der Waals surface area (Å²) in [6.45, 7) is 3.68. The highest BCUT2D eigenvalue weighted by Crippen LogP contribution is 2.29. The number of nitrogens with one attached hydrogen (secondary N) is 1. The first-order valence-electron chi connectivity index (χ1n) is 11.9. The Hall–Kier alpha value is -3.93. The molecule has 0 radical (unpaired) electrons. The number of hydrogen-bond donors (Lipinski definition) is 2. The van der Waals surface area contributed by atoms with Crippen LogP contribution in [0.15, 0.2) is 54.6 Å². The van der Waals surface area contributed by atoms with Crippen molar-refractivity contribution in [1.82, 2.24) is 20.1 Å². The number of pyridine rings is 1. The zero-order valence-electron chi connectivity index (χ0n) is 19.3. The fraction of sp³-hybridized carbons (Fsp3) is 0.250. The van der Waals surface area contributed by atoms with E-state index in [-0.39, 0.29) is 11.7 Å². The zero-order chi connectivity index (χ0) is 23.5. The van der Waals surface area contributed by atoms with Gasteiger partial charge in [0.1, 0.15) is 5.75 Å². The Morgan fingerprint density at radius 2 is 1.76 bits per heavy atom. The highest BCUT2D eigenvalue weighted by atomic mass is 16.3. The third-order valence-electron chi connectivity index (χ3n) is 6.42. The highest BCUT2D eigenvalue weighted by Gasteiger charge is 2.24. The Morgan fingerprint density at radius 1 is 1.03 bits per heavy atom. The molecule has 6 nitrogen and oxygen atoms in total. The van der Waals surface area contributed by atoms with E-state index in [2.05, 4.69) is 41.4 Å². The normalized spacial score (nSPS) is 14.2. The summed E-state index contributed by atoms with van der Waals surface area (Å²) in [5.41, 5.74) is 5.73. The first kappa shape index (κ1) is 21.9. The van der Waals surface area contributed by atoms with Crippen molar-refractivity contribution >= 4 is 29.1 Å². The summed E-state index contributed by atoms with van der Waals surface area (Å²) < 4.78 is 0. The van der Waals surface area contributed by atoms with Crippen molar-refractivity contribution in [2.24, 2.45) is 0 Å². The predicted octanol–water partition coefficient (Wildman–Crippen LogP) is 5.69. The molecule has 3 heterocycles. The van der Waals surface area contributed by atoms with Crippen LogP contribution in [0.3, 0.4) is 0 Å². The standard InChI is InChI=1S/C28H28N4O2/c1-2-19-6-8-20(9-7-19)10-15-24-26-23(28(34)32-16-4-3-5-17-32)18-25(29-27(26)31-30-24)21-11-13-22(33)14-12-21/h6-15,18,33H,2-5,16-17H2,1H3,(H,29,30,31)/b15-10+. The van der Waals surface area contributed by atoms with Gasteiger partial charge in [-0.3, -0.25) is 9.89 Å². The number of fused-ring (bicyclic) bond motifs is 1. The number of phenols is 1. The van der Waals surface area contributed by atoms with Crippen LogP contribution in [0.5, 0.6) is 5.75 Å². The predicted molar refractivity (Wildman–Crippen MR) is 135 cm³/mol. The summed E-state index contributed by atoms with van der Waals surface area (Å²) in [5.74, 6) is 0.198. The van der Waals surface area contributed by atoms with Crippen LogP contribution in [0.2, 0.25) is 0 Å². The smallest absolute Gasteiger partial charge is 0.254 e. The third-order valence-corrected chi connectivity index (χ3v) is 6.42. The van der Waals surface area contributed by atoms with Crippen molar-refractivity contribution in [1.29, 1.82) is 0 Å². The zero-order valence-corrected chi connectivity index (χ0v) is 19.3. The topological polar surface area (TPSA) is 82.1 Å². The van der Waals surface area contributed by atoms with Crippen LogP contribution >= 0.6 is 0 Å². The second-order valence-corrected chi connectivity index (χ2v) is 8.72. The molecule has 1 aliphatic heterocycles. The summed E-state index contributed by atoms with van der Waals surface area (Å²) in [6.07, 6.45) is 8.20. The average Bonchev–Trinajstić information content (AvgIpc) is 3.31. The second-order valence-electron chi connectivity index (χ2n) is 8.72. The van der Waals surface area contributed by atoms with E-state index in [4.69, 9.17) is 4.98 Å². The van der Waals surface area contributed by atoms with Crippen LogP contribution in [-0.2, 0) is 6.42 Å². The number of carbonyl (C=O) groups excluding carboxylic acids is 1. The SMILES string of the molecule is CCc1ccc(/C=C/c2[nH]nc3nc(-c4ccc(O)cc4)cc(C(=O)N4CCCCC4)c23)cc1. The van der Waals surface area contributed by atoms with E-state index in [9.17, 15) is 9.90 Å². The van der Waals surface area contributed by atoms with Gasteiger partial charge < -0.3 is 10.0 Å². The van der Waals surface area contributed by atoms with Crippen molar-refractivity contribution in [2.75, 3.05) is 13.1 Å². The minimum absolute atomic E-state index is 0.00970. The number of aromatic nitrogens is 3. The first-order valence-corrected chi connectivity index (χ1v) is 11.9. The Bertz CT molecular complexity index is 1330. The number of aromatic amines is 1. The molecule has 1 fully saturated rings. The number of likely N-dealkylation sites (tertiary alicyclic amines) is 1. The number of benzene rings is 2. The monoisotopic (exact) mass is 452 g/mol. The Morgan fingerprint density at radius 3 is 2.47 bits per heavy atom. The van der Waals surface area contributed by atoms with Gasteiger partial charge in [0.25, 0.3) is 5.91 Å². The molecule has 1 saturated heterocycles. The lowest BCUT2D eigenvalue weighted by molar-refractivity contribution is 0.0726. The van der Waals surface area contributed by atoms with E-state index in [1.165, 1.54) is 5.56 Å². The fourth-order valence-electron chi connectivity index (χ4n) is 4.43. The summed E-state index contributed by atoms with van der Waals surface area (Å²) in [7, 11) is 0. The number of rotatable bonds is 5. The molecule has 5 rings (SSSR count). The van der Waals surface area contributed by atoms with Crippen molar-refractivity contribution in [3.8, 4) is 17.0 Å². The van der Waals surface area contributed by atoms with Crippen molar-refractivity contribution in [3.05, 3.63) is 77.0 Å². The lowest BCUT2D eigenvalue weighted by Gasteiger charge is -2.27. The van der Waals surface area contributed by atoms with Crippen molar-refractivity contribution in [2.45, 2.75) is 32.6 Å². The number of aryl methyl sites for hydroxylation is 1. The molecule has 2 aromatic heterocycles. The van der Waals surface area contributed by atoms with Gasteiger partial charge >= 0.3 is 0 Å². The molecule has 34 heavy (non-hydrogen) atoms. The Balaban J connectivity index is 1.59. The van der Waals surface area contributed by atoms with Gasteiger partial charge in [-0.2, -0.15) is 5.10 Å². The molecule has 1 amide bonds. The summed E-state index contributed by atoms with van der Waals surface area (Å²) >= 11 is 0. The van der Waals surface area contributed by atoms with Gasteiger partial charge in [-0.25, -0.2) is 4.98 Å². The third kappa shape index (κ3) is 4.44. The van der Waals surface area contributed by atoms with E-state index in [0.717, 1.165) is 61.0 Å². The number of phenolic OH excluding ortho intramolecular Hbond substituents is 1. The maximum Gasteiger partial charge on any atom is 0.254 e. The van der Waals surface area contributed by atoms with E-state index in [1.807, 2.05) is 23.1 Å². The molecule has 2 aromatic carbocycles. The van der Waals surface area contributed by atoms with Crippen molar-refractivity contribution < 1.29 is 9.90 Å². The first-order chi connectivity index (χ1) is 16.6. The van der Waals surface area contributed by atoms with Gasteiger partial charge in [0.05, 0.1) is 22.3 Å². The van der Waals surface area contributed by atoms with Crippen molar-refractivity contribution in [3.63, 3.8) is 0 Å². The largest absolute Gasteiger partial charge is 0.508 e. The number of carbonyl (C=O) groups is 1. The van der Waals surface area contributed by atoms with Gasteiger partial charge in [-0.15, -0.1) is 0 Å². The van der Waals surface area contributed by atoms with E-state index in [0.29, 0.717) is 16.9 Å². The van der Waals surface area contributed by atoms with Gasteiger partial charge in [0.15, 0.2) is 5.65 Å². The number of aromatic hydroxyl groups is 1. The van der Waals surface area contributed by atoms with Crippen LogP contribution in [0.25, 0.3) is 34.4 Å². The molecule has 172 valence electrons. The van der Waals surface area contributed by atoms with Gasteiger partial charge in [-0.1, -0.05) is 37.3 Å². The molecule has 6 heteroatoms. The van der Waals surface area contributed by atoms with Crippen LogP contribution in [0, 0.1) is 0 Å². The minimum Gasteiger partial charge on any atom is -0.508 e. The Labute approximate surface area is 199 Å². The lowest BCUT2D eigenvalue weighted by Crippen LogP contribution is -2.35. The molecule has 0 aliphatic carbocycles. The average molecular weight is 453 g/mol. The van der Waals surface area contributed by atoms with Crippen LogP contribution in [0.4, 0.5) is 0 Å². The van der Waals surface area contributed by atoms with Crippen LogP contribution in [-0.4, -0.2) is 44.2 Å².